The second kappa shape index (κ2) is 16.3. The van der Waals surface area contributed by atoms with Gasteiger partial charge in [0, 0.05) is 0 Å². The molecule has 0 aliphatic heterocycles. The zero-order valence-electron chi connectivity index (χ0n) is 26.4. The molecule has 8 heteroatoms. The SMILES string of the molecule is CC(C)Oc1cc(OC(C)C)c2c(c1)C(c1c(F)cccc1F)=C[C]2=[Ru]([Cl])[Cl].c1ccc(P(c2ccccc2)c2ccccc2)cc1. The van der Waals surface area contributed by atoms with Crippen molar-refractivity contribution in [1.29, 1.82) is 0 Å². The molecule has 6 rings (SSSR count). The van der Waals surface area contributed by atoms with Crippen LogP contribution in [0.5, 0.6) is 11.5 Å². The van der Waals surface area contributed by atoms with Crippen molar-refractivity contribution in [3.05, 3.63) is 156 Å². The van der Waals surface area contributed by atoms with Crippen molar-refractivity contribution in [1.82, 2.24) is 0 Å². The quantitative estimate of drug-likeness (QED) is 0.116. The minimum Gasteiger partial charge on any atom is -0.0622 e. The molecule has 0 saturated heterocycles. The third-order valence-electron chi connectivity index (χ3n) is 7.02. The average Bonchev–Trinajstić information content (AvgIpc) is 3.42. The summed E-state index contributed by atoms with van der Waals surface area (Å²) in [5, 5.41) is 4.19. The van der Waals surface area contributed by atoms with Gasteiger partial charge in [0.1, 0.15) is 0 Å². The molecule has 0 fully saturated rings. The van der Waals surface area contributed by atoms with Crippen LogP contribution in [0, 0.1) is 11.6 Å². The number of rotatable bonds is 8. The van der Waals surface area contributed by atoms with Crippen molar-refractivity contribution in [2.45, 2.75) is 39.9 Å². The molecule has 47 heavy (non-hydrogen) atoms. The number of benzene rings is 5. The molecule has 0 radical (unpaired) electrons. The summed E-state index contributed by atoms with van der Waals surface area (Å²) in [7, 11) is 12.2. The zero-order valence-corrected chi connectivity index (χ0v) is 30.6. The van der Waals surface area contributed by atoms with Gasteiger partial charge in [0.15, 0.2) is 0 Å². The van der Waals surface area contributed by atoms with E-state index in [2.05, 4.69) is 91.0 Å². The molecular weight excluding hydrogens is 741 g/mol. The van der Waals surface area contributed by atoms with Gasteiger partial charge in [0.25, 0.3) is 0 Å². The zero-order chi connectivity index (χ0) is 33.5. The molecule has 0 N–H and O–H groups in total. The first-order valence-corrected chi connectivity index (χ1v) is 21.8. The topological polar surface area (TPSA) is 18.5 Å². The van der Waals surface area contributed by atoms with Crippen LogP contribution in [-0.4, -0.2) is 16.3 Å². The van der Waals surface area contributed by atoms with Crippen molar-refractivity contribution in [2.75, 3.05) is 0 Å². The van der Waals surface area contributed by atoms with E-state index in [0.29, 0.717) is 32.3 Å². The number of allylic oxidation sites excluding steroid dienone is 1. The van der Waals surface area contributed by atoms with Gasteiger partial charge in [-0.1, -0.05) is 91.0 Å². The van der Waals surface area contributed by atoms with Crippen molar-refractivity contribution in [3.63, 3.8) is 0 Å². The molecule has 0 unspecified atom stereocenters. The summed E-state index contributed by atoms with van der Waals surface area (Å²) in [4.78, 5) is 0. The molecular formula is C39H35Cl2F2O2PRu. The van der Waals surface area contributed by atoms with E-state index >= 15 is 0 Å². The Labute approximate surface area is 290 Å². The Kier molecular flexibility index (Phi) is 12.2. The van der Waals surface area contributed by atoms with E-state index in [-0.39, 0.29) is 17.8 Å². The van der Waals surface area contributed by atoms with Crippen LogP contribution in [0.4, 0.5) is 8.78 Å². The van der Waals surface area contributed by atoms with Crippen molar-refractivity contribution in [3.8, 4) is 11.5 Å². The van der Waals surface area contributed by atoms with Gasteiger partial charge < -0.3 is 0 Å². The third-order valence-corrected chi connectivity index (χ3v) is 12.6. The van der Waals surface area contributed by atoms with E-state index in [0.717, 1.165) is 0 Å². The van der Waals surface area contributed by atoms with Crippen LogP contribution >= 0.6 is 27.3 Å². The van der Waals surface area contributed by atoms with Gasteiger partial charge in [-0.15, -0.1) is 0 Å². The molecule has 0 aromatic heterocycles. The maximum Gasteiger partial charge on any atom is -0.0134 e. The second-order valence-corrected chi connectivity index (χ2v) is 19.2. The first kappa shape index (κ1) is 35.1. The van der Waals surface area contributed by atoms with Crippen LogP contribution < -0.4 is 25.4 Å². The Balaban J connectivity index is 0.000000198. The molecule has 244 valence electrons. The molecule has 5 aromatic carbocycles. The fourth-order valence-corrected chi connectivity index (χ4v) is 10.0. The maximum absolute atomic E-state index is 14.5. The summed E-state index contributed by atoms with van der Waals surface area (Å²) in [6, 6.07) is 39.7. The summed E-state index contributed by atoms with van der Waals surface area (Å²) >= 11 is -2.40. The molecule has 1 aliphatic carbocycles. The fourth-order valence-electron chi connectivity index (χ4n) is 5.25. The van der Waals surface area contributed by atoms with Crippen LogP contribution in [-0.2, 0) is 13.5 Å². The smallest absolute Gasteiger partial charge is 0.0134 e. The molecule has 0 spiro atoms. The predicted molar refractivity (Wildman–Crippen MR) is 192 cm³/mol. The minimum absolute atomic E-state index is 0.0732. The van der Waals surface area contributed by atoms with Crippen LogP contribution in [0.15, 0.2) is 127 Å². The van der Waals surface area contributed by atoms with Crippen molar-refractivity contribution in [2.24, 2.45) is 0 Å². The van der Waals surface area contributed by atoms with Crippen molar-refractivity contribution < 1.29 is 31.8 Å². The Morgan fingerprint density at radius 3 is 1.49 bits per heavy atom. The number of fused-ring (bicyclic) bond motifs is 1. The summed E-state index contributed by atoms with van der Waals surface area (Å²) in [5.74, 6) is -0.206. The summed E-state index contributed by atoms with van der Waals surface area (Å²) in [6.07, 6.45) is 1.49. The van der Waals surface area contributed by atoms with Crippen molar-refractivity contribution >= 4 is 52.9 Å². The van der Waals surface area contributed by atoms with E-state index in [1.807, 2.05) is 27.7 Å². The molecule has 0 bridgehead atoms. The van der Waals surface area contributed by atoms with E-state index in [9.17, 15) is 8.78 Å². The van der Waals surface area contributed by atoms with Gasteiger partial charge in [-0.2, -0.15) is 0 Å². The molecule has 5 aromatic rings. The van der Waals surface area contributed by atoms with Gasteiger partial charge in [-0.05, 0) is 23.8 Å². The number of hydrogen-bond acceptors (Lipinski definition) is 2. The molecule has 0 atom stereocenters. The standard InChI is InChI=1S/C21H20F2O2.C18H15P.2ClH.Ru/c1-12(2)24-14-10-17-15(20(11-14)25-13(3)4)8-9-16(17)21-18(22)6-5-7-19(21)23;1-4-10-16(11-5-1)19(17-12-6-2-7-13-17)18-14-8-3-9-15-18;;;/h5-7,9-13H,1-4H3;1-15H;2*1H;/q;;;;+2/p-2. The molecule has 2 nitrogen and oxygen atoms in total. The number of ether oxygens (including phenoxy) is 2. The molecule has 0 saturated carbocycles. The Hall–Kier alpha value is -3.20. The van der Waals surface area contributed by atoms with Gasteiger partial charge in [-0.3, -0.25) is 0 Å². The summed E-state index contributed by atoms with van der Waals surface area (Å²) in [6.45, 7) is 7.61. The van der Waals surface area contributed by atoms with E-state index < -0.39 is 33.1 Å². The Morgan fingerprint density at radius 2 is 1.06 bits per heavy atom. The van der Waals surface area contributed by atoms with E-state index in [1.54, 1.807) is 18.2 Å². The molecule has 1 aliphatic rings. The monoisotopic (exact) mass is 776 g/mol. The summed E-state index contributed by atoms with van der Waals surface area (Å²) < 4.78 is 41.6. The fraction of sp³-hybridized carbons (Fsp3) is 0.154. The van der Waals surface area contributed by atoms with Gasteiger partial charge >= 0.3 is 177 Å². The number of halogens is 4. The number of hydrogen-bond donors (Lipinski definition) is 0. The van der Waals surface area contributed by atoms with Crippen LogP contribution in [0.3, 0.4) is 0 Å². The largest absolute Gasteiger partial charge is 0.0622 e. The molecule has 0 heterocycles. The Bertz CT molecular complexity index is 1760. The first-order chi connectivity index (χ1) is 22.6. The first-order valence-electron chi connectivity index (χ1n) is 15.1. The normalized spacial score (nSPS) is 12.4. The van der Waals surface area contributed by atoms with Crippen LogP contribution in [0.1, 0.15) is 44.4 Å². The van der Waals surface area contributed by atoms with E-state index in [1.165, 1.54) is 34.1 Å². The maximum atomic E-state index is 14.5. The second-order valence-electron chi connectivity index (χ2n) is 11.2. The van der Waals surface area contributed by atoms with Gasteiger partial charge in [0.2, 0.25) is 0 Å². The van der Waals surface area contributed by atoms with Gasteiger partial charge in [-0.25, -0.2) is 0 Å². The van der Waals surface area contributed by atoms with Crippen LogP contribution in [0.2, 0.25) is 0 Å². The predicted octanol–water partition coefficient (Wildman–Crippen LogP) is 9.88. The Morgan fingerprint density at radius 1 is 0.596 bits per heavy atom. The average molecular weight is 777 g/mol. The summed E-state index contributed by atoms with van der Waals surface area (Å²) in [5.41, 5.74) is 1.57. The third kappa shape index (κ3) is 8.64. The van der Waals surface area contributed by atoms with Crippen LogP contribution in [0.25, 0.3) is 5.57 Å². The van der Waals surface area contributed by atoms with Gasteiger partial charge in [0.05, 0.1) is 0 Å². The minimum atomic E-state index is -2.40. The molecule has 0 amide bonds. The van der Waals surface area contributed by atoms with E-state index in [4.69, 9.17) is 28.9 Å².